The molecule has 2 aliphatic carbocycles. The Bertz CT molecular complexity index is 509. The maximum absolute atomic E-state index is 14.0. The summed E-state index contributed by atoms with van der Waals surface area (Å²) >= 11 is 0. The van der Waals surface area contributed by atoms with Crippen LogP contribution in [0, 0.1) is 17.3 Å². The zero-order chi connectivity index (χ0) is 14.7. The topological polar surface area (TPSA) is 26.3 Å². The summed E-state index contributed by atoms with van der Waals surface area (Å²) in [5.41, 5.74) is 0.541. The average Bonchev–Trinajstić information content (AvgIpc) is 2.62. The lowest BCUT2D eigenvalue weighted by atomic mass is 9.84. The summed E-state index contributed by atoms with van der Waals surface area (Å²) in [6.45, 7) is 7.37. The van der Waals surface area contributed by atoms with Crippen LogP contribution < -0.4 is 0 Å². The van der Waals surface area contributed by atoms with Crippen LogP contribution in [0.4, 0.5) is 8.78 Å². The third-order valence-corrected chi connectivity index (χ3v) is 5.49. The van der Waals surface area contributed by atoms with E-state index in [1.165, 1.54) is 0 Å². The van der Waals surface area contributed by atoms with Gasteiger partial charge in [0.15, 0.2) is 0 Å². The third-order valence-electron chi connectivity index (χ3n) is 5.49. The molecule has 4 heteroatoms. The van der Waals surface area contributed by atoms with Crippen LogP contribution in [-0.2, 0) is 9.53 Å². The van der Waals surface area contributed by atoms with E-state index in [2.05, 4.69) is 6.58 Å². The molecule has 4 atom stereocenters. The van der Waals surface area contributed by atoms with Crippen molar-refractivity contribution in [1.82, 2.24) is 0 Å². The molecule has 2 fully saturated rings. The number of hydrogen-bond donors (Lipinski definition) is 0. The molecule has 0 aromatic heterocycles. The van der Waals surface area contributed by atoms with E-state index in [9.17, 15) is 13.6 Å². The van der Waals surface area contributed by atoms with E-state index in [0.29, 0.717) is 31.3 Å². The molecule has 1 saturated heterocycles. The van der Waals surface area contributed by atoms with Gasteiger partial charge in [-0.1, -0.05) is 19.1 Å². The Morgan fingerprint density at radius 3 is 2.80 bits per heavy atom. The minimum Gasteiger partial charge on any atom is -0.454 e. The molecule has 1 saturated carbocycles. The minimum atomic E-state index is -2.57. The fourth-order valence-electron chi connectivity index (χ4n) is 3.83. The molecule has 3 aliphatic rings. The van der Waals surface area contributed by atoms with Crippen molar-refractivity contribution in [3.8, 4) is 0 Å². The quantitative estimate of drug-likeness (QED) is 0.383. The Balaban J connectivity index is 1.89. The highest BCUT2D eigenvalue weighted by Gasteiger charge is 2.76. The third kappa shape index (κ3) is 1.76. The SMILES string of the molecule is C=C1C(=O)O[C@@H]2/C=C(\C)CC[C@H]3C(F)(F)[C@@]3(C)CC[C@@H]12. The Hall–Kier alpha value is -1.19. The summed E-state index contributed by atoms with van der Waals surface area (Å²) in [5.74, 6) is -3.63. The first kappa shape index (κ1) is 13.8. The van der Waals surface area contributed by atoms with Gasteiger partial charge in [0.05, 0.1) is 0 Å². The lowest BCUT2D eigenvalue weighted by Crippen LogP contribution is -2.18. The van der Waals surface area contributed by atoms with E-state index in [1.54, 1.807) is 6.92 Å². The number of hydrogen-bond acceptors (Lipinski definition) is 2. The Morgan fingerprint density at radius 1 is 1.40 bits per heavy atom. The minimum absolute atomic E-state index is 0.149. The van der Waals surface area contributed by atoms with Gasteiger partial charge >= 0.3 is 5.97 Å². The number of halogens is 2. The van der Waals surface area contributed by atoms with E-state index in [0.717, 1.165) is 5.57 Å². The van der Waals surface area contributed by atoms with Crippen molar-refractivity contribution in [3.63, 3.8) is 0 Å². The predicted molar refractivity (Wildman–Crippen MR) is 71.3 cm³/mol. The van der Waals surface area contributed by atoms with Crippen LogP contribution in [0.3, 0.4) is 0 Å². The molecular weight excluding hydrogens is 262 g/mol. The van der Waals surface area contributed by atoms with E-state index in [1.807, 2.05) is 13.0 Å². The molecule has 0 spiro atoms. The maximum atomic E-state index is 14.0. The average molecular weight is 282 g/mol. The number of carbonyl (C=O) groups is 1. The summed E-state index contributed by atoms with van der Waals surface area (Å²) in [6, 6.07) is 0. The normalized spacial score (nSPS) is 45.8. The van der Waals surface area contributed by atoms with Gasteiger partial charge in [-0.3, -0.25) is 0 Å². The van der Waals surface area contributed by atoms with Crippen molar-refractivity contribution in [1.29, 1.82) is 0 Å². The molecule has 0 aromatic carbocycles. The number of alkyl halides is 2. The molecule has 0 amide bonds. The highest BCUT2D eigenvalue weighted by atomic mass is 19.3. The van der Waals surface area contributed by atoms with Crippen molar-refractivity contribution >= 4 is 5.97 Å². The number of fused-ring (bicyclic) bond motifs is 2. The molecule has 0 radical (unpaired) electrons. The number of esters is 1. The van der Waals surface area contributed by atoms with Gasteiger partial charge in [0.25, 0.3) is 5.92 Å². The lowest BCUT2D eigenvalue weighted by Gasteiger charge is -2.19. The van der Waals surface area contributed by atoms with Crippen LogP contribution in [-0.4, -0.2) is 18.0 Å². The summed E-state index contributed by atoms with van der Waals surface area (Å²) in [6.07, 6.45) is 3.73. The molecule has 1 aliphatic heterocycles. The molecule has 20 heavy (non-hydrogen) atoms. The second-order valence-corrected chi connectivity index (χ2v) is 6.69. The van der Waals surface area contributed by atoms with E-state index in [4.69, 9.17) is 4.74 Å². The molecule has 1 heterocycles. The second-order valence-electron chi connectivity index (χ2n) is 6.69. The summed E-state index contributed by atoms with van der Waals surface area (Å²) < 4.78 is 33.3. The van der Waals surface area contributed by atoms with Crippen molar-refractivity contribution < 1.29 is 18.3 Å². The van der Waals surface area contributed by atoms with Crippen LogP contribution in [0.15, 0.2) is 23.8 Å². The van der Waals surface area contributed by atoms with Gasteiger partial charge < -0.3 is 4.74 Å². The van der Waals surface area contributed by atoms with Gasteiger partial charge in [0.2, 0.25) is 0 Å². The highest BCUT2D eigenvalue weighted by Crippen LogP contribution is 2.70. The standard InChI is InChI=1S/C16H20F2O2/c1-9-4-5-13-15(3,16(13,17)18)7-6-11-10(2)14(19)20-12(11)8-9/h8,11-13H,2,4-7H2,1,3H3/b9-8+/t11-,12+,13+,15-/m0/s1. The zero-order valence-electron chi connectivity index (χ0n) is 11.9. The van der Waals surface area contributed by atoms with Gasteiger partial charge in [0, 0.05) is 22.8 Å². The molecule has 0 aromatic rings. The Labute approximate surface area is 117 Å². The van der Waals surface area contributed by atoms with Crippen LogP contribution >= 0.6 is 0 Å². The maximum Gasteiger partial charge on any atom is 0.334 e. The second kappa shape index (κ2) is 4.15. The number of ether oxygens (including phenoxy) is 1. The van der Waals surface area contributed by atoms with Crippen LogP contribution in [0.5, 0.6) is 0 Å². The van der Waals surface area contributed by atoms with E-state index in [-0.39, 0.29) is 18.0 Å². The number of allylic oxidation sites excluding steroid dienone is 1. The molecule has 3 rings (SSSR count). The van der Waals surface area contributed by atoms with Crippen LogP contribution in [0.25, 0.3) is 0 Å². The van der Waals surface area contributed by atoms with Crippen LogP contribution in [0.1, 0.15) is 39.5 Å². The smallest absolute Gasteiger partial charge is 0.334 e. The van der Waals surface area contributed by atoms with Gasteiger partial charge in [0.1, 0.15) is 6.10 Å². The number of carbonyl (C=O) groups excluding carboxylic acids is 1. The van der Waals surface area contributed by atoms with Crippen molar-refractivity contribution in [2.45, 2.75) is 51.6 Å². The lowest BCUT2D eigenvalue weighted by molar-refractivity contribution is -0.137. The first-order valence-electron chi connectivity index (χ1n) is 7.22. The largest absolute Gasteiger partial charge is 0.454 e. The molecule has 0 bridgehead atoms. The van der Waals surface area contributed by atoms with Crippen molar-refractivity contribution in [3.05, 3.63) is 23.8 Å². The predicted octanol–water partition coefficient (Wildman–Crippen LogP) is 3.88. The molecular formula is C16H20F2O2. The van der Waals surface area contributed by atoms with Gasteiger partial charge in [-0.15, -0.1) is 0 Å². The van der Waals surface area contributed by atoms with Gasteiger partial charge in [-0.2, -0.15) is 0 Å². The van der Waals surface area contributed by atoms with Gasteiger partial charge in [-0.25, -0.2) is 13.6 Å². The van der Waals surface area contributed by atoms with Crippen LogP contribution in [0.2, 0.25) is 0 Å². The van der Waals surface area contributed by atoms with Crippen molar-refractivity contribution in [2.75, 3.05) is 0 Å². The fourth-order valence-corrected chi connectivity index (χ4v) is 3.83. The van der Waals surface area contributed by atoms with Gasteiger partial charge in [-0.05, 0) is 38.7 Å². The zero-order valence-corrected chi connectivity index (χ0v) is 11.9. The molecule has 2 nitrogen and oxygen atoms in total. The van der Waals surface area contributed by atoms with E-state index >= 15 is 0 Å². The van der Waals surface area contributed by atoms with Crippen molar-refractivity contribution in [2.24, 2.45) is 17.3 Å². The molecule has 0 unspecified atom stereocenters. The van der Waals surface area contributed by atoms with E-state index < -0.39 is 17.3 Å². The number of rotatable bonds is 0. The summed E-state index contributed by atoms with van der Waals surface area (Å²) in [4.78, 5) is 11.6. The fraction of sp³-hybridized carbons (Fsp3) is 0.688. The summed E-state index contributed by atoms with van der Waals surface area (Å²) in [5, 5.41) is 0. The molecule has 110 valence electrons. The highest BCUT2D eigenvalue weighted by molar-refractivity contribution is 5.91. The first-order chi connectivity index (χ1) is 9.27. The molecule has 0 N–H and O–H groups in total. The summed E-state index contributed by atoms with van der Waals surface area (Å²) in [7, 11) is 0. The monoisotopic (exact) mass is 282 g/mol. The Kier molecular flexibility index (Phi) is 2.86. The first-order valence-corrected chi connectivity index (χ1v) is 7.22. The Morgan fingerprint density at radius 2 is 2.10 bits per heavy atom.